The Morgan fingerprint density at radius 2 is 2.14 bits per heavy atom. The average Bonchev–Trinajstić information content (AvgIpc) is 2.46. The van der Waals surface area contributed by atoms with Crippen LogP contribution in [0.1, 0.15) is 18.4 Å². The fraction of sp³-hybridized carbons (Fsp3) is 0.467. The number of hydrogen-bond acceptors (Lipinski definition) is 4. The van der Waals surface area contributed by atoms with E-state index in [-0.39, 0.29) is 18.4 Å². The Hall–Kier alpha value is -1.79. The molecule has 2 amide bonds. The highest BCUT2D eigenvalue weighted by Gasteiger charge is 2.23. The van der Waals surface area contributed by atoms with Gasteiger partial charge in [-0.3, -0.25) is 14.5 Å². The largest absolute Gasteiger partial charge is 0.482 e. The van der Waals surface area contributed by atoms with Crippen LogP contribution in [0.4, 0.5) is 0 Å². The number of nitrogens with zero attached hydrogens (tertiary/aromatic N) is 1. The topological polar surface area (TPSA) is 98.7 Å². The van der Waals surface area contributed by atoms with E-state index >= 15 is 0 Å². The van der Waals surface area contributed by atoms with Crippen molar-refractivity contribution in [3.8, 4) is 5.75 Å². The third-order valence-corrected chi connectivity index (χ3v) is 3.98. The molecule has 0 bridgehead atoms. The summed E-state index contributed by atoms with van der Waals surface area (Å²) in [5.74, 6) is -0.441. The van der Waals surface area contributed by atoms with E-state index in [1.54, 1.807) is 12.1 Å². The van der Waals surface area contributed by atoms with Crippen LogP contribution in [0.5, 0.6) is 5.75 Å². The van der Waals surface area contributed by atoms with Gasteiger partial charge in [-0.05, 0) is 37.1 Å². The number of amides is 2. The van der Waals surface area contributed by atoms with Gasteiger partial charge in [0, 0.05) is 13.1 Å². The molecule has 1 aromatic rings. The summed E-state index contributed by atoms with van der Waals surface area (Å²) in [5.41, 5.74) is 11.4. The molecule has 22 heavy (non-hydrogen) atoms. The van der Waals surface area contributed by atoms with Gasteiger partial charge in [0.25, 0.3) is 5.91 Å². The van der Waals surface area contributed by atoms with Crippen LogP contribution in [0.2, 0.25) is 5.02 Å². The maximum absolute atomic E-state index is 11.3. The number of carbonyl (C=O) groups excluding carboxylic acids is 2. The molecule has 120 valence electrons. The molecule has 0 saturated carbocycles. The Bertz CT molecular complexity index is 565. The van der Waals surface area contributed by atoms with Gasteiger partial charge in [0.15, 0.2) is 6.61 Å². The first-order chi connectivity index (χ1) is 10.5. The number of likely N-dealkylation sites (tertiary alicyclic amines) is 1. The fourth-order valence-electron chi connectivity index (χ4n) is 2.60. The Kier molecular flexibility index (Phi) is 5.63. The highest BCUT2D eigenvalue weighted by molar-refractivity contribution is 6.32. The second-order valence-electron chi connectivity index (χ2n) is 5.50. The maximum atomic E-state index is 11.3. The summed E-state index contributed by atoms with van der Waals surface area (Å²) in [4.78, 5) is 24.2. The third kappa shape index (κ3) is 4.61. The van der Waals surface area contributed by atoms with E-state index in [2.05, 4.69) is 4.90 Å². The smallest absolute Gasteiger partial charge is 0.255 e. The van der Waals surface area contributed by atoms with Crippen molar-refractivity contribution in [1.29, 1.82) is 0 Å². The lowest BCUT2D eigenvalue weighted by molar-refractivity contribution is -0.123. The number of piperidine rings is 1. The van der Waals surface area contributed by atoms with Gasteiger partial charge in [0.2, 0.25) is 5.91 Å². The van der Waals surface area contributed by atoms with Gasteiger partial charge < -0.3 is 16.2 Å². The minimum Gasteiger partial charge on any atom is -0.482 e. The molecule has 0 aliphatic carbocycles. The van der Waals surface area contributed by atoms with Gasteiger partial charge in [-0.1, -0.05) is 17.7 Å². The molecule has 1 heterocycles. The van der Waals surface area contributed by atoms with Gasteiger partial charge in [-0.15, -0.1) is 0 Å². The monoisotopic (exact) mass is 325 g/mol. The standard InChI is InChI=1S/C15H20ClN3O3/c16-12-6-10(3-4-13(12)22-9-14(17)20)7-19-5-1-2-11(8-19)15(18)21/h3-4,6,11H,1-2,5,7-9H2,(H2,17,20)(H2,18,21). The van der Waals surface area contributed by atoms with Crippen molar-refractivity contribution in [2.24, 2.45) is 17.4 Å². The van der Waals surface area contributed by atoms with Crippen LogP contribution < -0.4 is 16.2 Å². The molecule has 1 aliphatic rings. The van der Waals surface area contributed by atoms with Crippen molar-refractivity contribution in [1.82, 2.24) is 4.90 Å². The number of carbonyl (C=O) groups is 2. The number of hydrogen-bond donors (Lipinski definition) is 2. The zero-order chi connectivity index (χ0) is 16.1. The molecule has 0 spiro atoms. The summed E-state index contributed by atoms with van der Waals surface area (Å²) < 4.78 is 5.21. The molecular formula is C15H20ClN3O3. The van der Waals surface area contributed by atoms with E-state index in [0.29, 0.717) is 23.9 Å². The van der Waals surface area contributed by atoms with Crippen LogP contribution in [-0.2, 0) is 16.1 Å². The Morgan fingerprint density at radius 3 is 2.77 bits per heavy atom. The summed E-state index contributed by atoms with van der Waals surface area (Å²) >= 11 is 6.14. The average molecular weight is 326 g/mol. The second-order valence-corrected chi connectivity index (χ2v) is 5.90. The number of ether oxygens (including phenoxy) is 1. The molecule has 1 saturated heterocycles. The summed E-state index contributed by atoms with van der Waals surface area (Å²) in [6.07, 6.45) is 1.81. The van der Waals surface area contributed by atoms with Gasteiger partial charge in [0.05, 0.1) is 10.9 Å². The lowest BCUT2D eigenvalue weighted by Crippen LogP contribution is -2.40. The van der Waals surface area contributed by atoms with E-state index in [0.717, 1.165) is 24.9 Å². The van der Waals surface area contributed by atoms with Crippen LogP contribution in [0.3, 0.4) is 0 Å². The highest BCUT2D eigenvalue weighted by Crippen LogP contribution is 2.27. The van der Waals surface area contributed by atoms with Gasteiger partial charge in [0.1, 0.15) is 5.75 Å². The van der Waals surface area contributed by atoms with E-state index in [4.69, 9.17) is 27.8 Å². The van der Waals surface area contributed by atoms with Crippen LogP contribution >= 0.6 is 11.6 Å². The normalized spacial score (nSPS) is 18.9. The van der Waals surface area contributed by atoms with Crippen LogP contribution in [0, 0.1) is 5.92 Å². The summed E-state index contributed by atoms with van der Waals surface area (Å²) in [7, 11) is 0. The molecule has 1 aromatic carbocycles. The number of nitrogens with two attached hydrogens (primary N) is 2. The third-order valence-electron chi connectivity index (χ3n) is 3.68. The van der Waals surface area contributed by atoms with Crippen molar-refractivity contribution >= 4 is 23.4 Å². The van der Waals surface area contributed by atoms with Gasteiger partial charge in [-0.25, -0.2) is 0 Å². The molecule has 1 fully saturated rings. The first kappa shape index (κ1) is 16.6. The summed E-state index contributed by atoms with van der Waals surface area (Å²) in [6.45, 7) is 2.10. The molecule has 6 nitrogen and oxygen atoms in total. The Balaban J connectivity index is 1.97. The molecular weight excluding hydrogens is 306 g/mol. The lowest BCUT2D eigenvalue weighted by Gasteiger charge is -2.31. The molecule has 1 atom stereocenters. The molecule has 4 N–H and O–H groups in total. The Labute approximate surface area is 134 Å². The summed E-state index contributed by atoms with van der Waals surface area (Å²) in [6, 6.07) is 5.40. The Morgan fingerprint density at radius 1 is 1.36 bits per heavy atom. The van der Waals surface area contributed by atoms with Crippen molar-refractivity contribution in [3.05, 3.63) is 28.8 Å². The quantitative estimate of drug-likeness (QED) is 0.811. The number of benzene rings is 1. The predicted molar refractivity (Wildman–Crippen MR) is 83.3 cm³/mol. The minimum atomic E-state index is -0.550. The maximum Gasteiger partial charge on any atom is 0.255 e. The number of rotatable bonds is 6. The fourth-order valence-corrected chi connectivity index (χ4v) is 2.86. The van der Waals surface area contributed by atoms with Crippen molar-refractivity contribution < 1.29 is 14.3 Å². The van der Waals surface area contributed by atoms with E-state index in [9.17, 15) is 9.59 Å². The first-order valence-corrected chi connectivity index (χ1v) is 7.54. The highest BCUT2D eigenvalue weighted by atomic mass is 35.5. The minimum absolute atomic E-state index is 0.0811. The van der Waals surface area contributed by atoms with E-state index in [1.165, 1.54) is 0 Å². The first-order valence-electron chi connectivity index (χ1n) is 7.17. The molecule has 7 heteroatoms. The van der Waals surface area contributed by atoms with Crippen LogP contribution in [0.15, 0.2) is 18.2 Å². The van der Waals surface area contributed by atoms with Crippen molar-refractivity contribution in [3.63, 3.8) is 0 Å². The molecule has 1 aliphatic heterocycles. The van der Waals surface area contributed by atoms with E-state index < -0.39 is 5.91 Å². The lowest BCUT2D eigenvalue weighted by atomic mass is 9.97. The molecule has 0 radical (unpaired) electrons. The molecule has 1 unspecified atom stereocenters. The van der Waals surface area contributed by atoms with Crippen molar-refractivity contribution in [2.45, 2.75) is 19.4 Å². The van der Waals surface area contributed by atoms with E-state index in [1.807, 2.05) is 6.07 Å². The second kappa shape index (κ2) is 7.47. The number of halogens is 1. The number of primary amides is 2. The van der Waals surface area contributed by atoms with Gasteiger partial charge in [-0.2, -0.15) is 0 Å². The van der Waals surface area contributed by atoms with Crippen molar-refractivity contribution in [2.75, 3.05) is 19.7 Å². The molecule has 2 rings (SSSR count). The zero-order valence-electron chi connectivity index (χ0n) is 12.3. The summed E-state index contributed by atoms with van der Waals surface area (Å²) in [5, 5.41) is 0.433. The van der Waals surface area contributed by atoms with Crippen LogP contribution in [0.25, 0.3) is 0 Å². The predicted octanol–water partition coefficient (Wildman–Crippen LogP) is 0.901. The molecule has 0 aromatic heterocycles. The van der Waals surface area contributed by atoms with Crippen LogP contribution in [-0.4, -0.2) is 36.4 Å². The SMILES string of the molecule is NC(=O)COc1ccc(CN2CCCC(C(N)=O)C2)cc1Cl. The van der Waals surface area contributed by atoms with Gasteiger partial charge >= 0.3 is 0 Å². The zero-order valence-corrected chi connectivity index (χ0v) is 13.0.